The Morgan fingerprint density at radius 2 is 1.96 bits per heavy atom. The van der Waals surface area contributed by atoms with E-state index in [0.29, 0.717) is 13.1 Å². The minimum absolute atomic E-state index is 0.140. The van der Waals surface area contributed by atoms with Gasteiger partial charge in [0.15, 0.2) is 4.90 Å². The smallest absolute Gasteiger partial charge is 0.290 e. The second-order valence-corrected chi connectivity index (χ2v) is 8.30. The molecule has 1 aromatic carbocycles. The molecule has 10 heteroatoms. The number of nitro groups is 1. The molecule has 2 aliphatic heterocycles. The highest BCUT2D eigenvalue weighted by molar-refractivity contribution is 7.89. The summed E-state index contributed by atoms with van der Waals surface area (Å²) in [6.07, 6.45) is 0.737. The van der Waals surface area contributed by atoms with Crippen molar-refractivity contribution in [3.05, 3.63) is 33.3 Å². The SMILES string of the molecule is O=[N+]([O-])c1cc(Cl)ccc1S(=O)(=O)N1CCC(N2CCNCC2)C1. The summed E-state index contributed by atoms with van der Waals surface area (Å²) in [6, 6.07) is 3.82. The molecule has 0 saturated carbocycles. The minimum atomic E-state index is -3.91. The van der Waals surface area contributed by atoms with Crippen LogP contribution in [0.3, 0.4) is 0 Å². The maximum atomic E-state index is 12.8. The van der Waals surface area contributed by atoms with E-state index >= 15 is 0 Å². The molecule has 24 heavy (non-hydrogen) atoms. The van der Waals surface area contributed by atoms with E-state index in [2.05, 4.69) is 10.2 Å². The van der Waals surface area contributed by atoms with Gasteiger partial charge in [-0.05, 0) is 18.6 Å². The Morgan fingerprint density at radius 3 is 2.62 bits per heavy atom. The zero-order valence-corrected chi connectivity index (χ0v) is 14.6. The average molecular weight is 375 g/mol. The van der Waals surface area contributed by atoms with Crippen molar-refractivity contribution in [2.24, 2.45) is 0 Å². The van der Waals surface area contributed by atoms with Gasteiger partial charge >= 0.3 is 0 Å². The summed E-state index contributed by atoms with van der Waals surface area (Å²) in [5, 5.41) is 14.6. The van der Waals surface area contributed by atoms with Crippen LogP contribution < -0.4 is 5.32 Å². The Morgan fingerprint density at radius 1 is 1.25 bits per heavy atom. The molecule has 2 fully saturated rings. The van der Waals surface area contributed by atoms with Gasteiger partial charge in [0.05, 0.1) is 4.92 Å². The van der Waals surface area contributed by atoms with Gasteiger partial charge < -0.3 is 5.32 Å². The fraction of sp³-hybridized carbons (Fsp3) is 0.571. The third-order valence-electron chi connectivity index (χ3n) is 4.53. The molecule has 0 spiro atoms. The van der Waals surface area contributed by atoms with Crippen molar-refractivity contribution in [3.63, 3.8) is 0 Å². The normalized spacial score (nSPS) is 23.5. The molecule has 2 saturated heterocycles. The van der Waals surface area contributed by atoms with Crippen molar-refractivity contribution in [1.82, 2.24) is 14.5 Å². The van der Waals surface area contributed by atoms with Crippen molar-refractivity contribution >= 4 is 27.3 Å². The monoisotopic (exact) mass is 374 g/mol. The fourth-order valence-corrected chi connectivity index (χ4v) is 5.06. The molecule has 8 nitrogen and oxygen atoms in total. The van der Waals surface area contributed by atoms with Crippen molar-refractivity contribution in [2.45, 2.75) is 17.4 Å². The molecule has 0 amide bonds. The maximum Gasteiger partial charge on any atom is 0.290 e. The van der Waals surface area contributed by atoms with Gasteiger partial charge in [-0.3, -0.25) is 15.0 Å². The molecule has 3 rings (SSSR count). The lowest BCUT2D eigenvalue weighted by Crippen LogP contribution is -2.49. The van der Waals surface area contributed by atoms with Crippen LogP contribution in [0.2, 0.25) is 5.02 Å². The van der Waals surface area contributed by atoms with E-state index in [1.54, 1.807) is 0 Å². The number of hydrogen-bond acceptors (Lipinski definition) is 6. The number of hydrogen-bond donors (Lipinski definition) is 1. The molecule has 0 aromatic heterocycles. The topological polar surface area (TPSA) is 95.8 Å². The van der Waals surface area contributed by atoms with E-state index in [1.807, 2.05) is 0 Å². The lowest BCUT2D eigenvalue weighted by Gasteiger charge is -2.32. The van der Waals surface area contributed by atoms with Crippen LogP contribution in [0.4, 0.5) is 5.69 Å². The minimum Gasteiger partial charge on any atom is -0.314 e. The molecule has 0 radical (unpaired) electrons. The number of rotatable bonds is 4. The Hall–Kier alpha value is -1.26. The van der Waals surface area contributed by atoms with Crippen LogP contribution in [0.1, 0.15) is 6.42 Å². The zero-order chi connectivity index (χ0) is 17.3. The van der Waals surface area contributed by atoms with Crippen LogP contribution in [-0.2, 0) is 10.0 Å². The molecule has 1 N–H and O–H groups in total. The first-order valence-corrected chi connectivity index (χ1v) is 9.60. The Bertz CT molecular complexity index is 736. The number of nitrogens with one attached hydrogen (secondary N) is 1. The van der Waals surface area contributed by atoms with Crippen LogP contribution in [0.15, 0.2) is 23.1 Å². The number of sulfonamides is 1. The summed E-state index contributed by atoms with van der Waals surface area (Å²) in [5.41, 5.74) is -0.479. The number of halogens is 1. The standard InChI is InChI=1S/C14H19ClN4O4S/c15-11-1-2-14(13(9-11)19(20)21)24(22,23)18-6-3-12(10-18)17-7-4-16-5-8-17/h1-2,9,12,16H,3-8,10H2. The van der Waals surface area contributed by atoms with Gasteiger partial charge in [0.25, 0.3) is 5.69 Å². The number of benzene rings is 1. The first-order valence-electron chi connectivity index (χ1n) is 7.78. The van der Waals surface area contributed by atoms with Gasteiger partial charge in [0.1, 0.15) is 0 Å². The molecule has 2 aliphatic rings. The molecular formula is C14H19ClN4O4S. The third-order valence-corrected chi connectivity index (χ3v) is 6.68. The van der Waals surface area contributed by atoms with Gasteiger partial charge in [-0.15, -0.1) is 0 Å². The van der Waals surface area contributed by atoms with Crippen LogP contribution in [-0.4, -0.2) is 67.9 Å². The lowest BCUT2D eigenvalue weighted by molar-refractivity contribution is -0.387. The van der Waals surface area contributed by atoms with E-state index in [0.717, 1.165) is 38.7 Å². The largest absolute Gasteiger partial charge is 0.314 e. The predicted molar refractivity (Wildman–Crippen MR) is 89.7 cm³/mol. The van der Waals surface area contributed by atoms with Gasteiger partial charge in [-0.1, -0.05) is 11.6 Å². The fourth-order valence-electron chi connectivity index (χ4n) is 3.26. The van der Waals surface area contributed by atoms with Crippen molar-refractivity contribution in [1.29, 1.82) is 0 Å². The lowest BCUT2D eigenvalue weighted by atomic mass is 10.2. The van der Waals surface area contributed by atoms with Crippen LogP contribution in [0, 0.1) is 10.1 Å². The molecule has 1 atom stereocenters. The molecule has 0 bridgehead atoms. The quantitative estimate of drug-likeness (QED) is 0.621. The van der Waals surface area contributed by atoms with Crippen LogP contribution >= 0.6 is 11.6 Å². The number of nitro benzene ring substituents is 1. The van der Waals surface area contributed by atoms with E-state index in [4.69, 9.17) is 11.6 Å². The van der Waals surface area contributed by atoms with Crippen LogP contribution in [0.5, 0.6) is 0 Å². The van der Waals surface area contributed by atoms with Crippen molar-refractivity contribution in [2.75, 3.05) is 39.3 Å². The maximum absolute atomic E-state index is 12.8. The molecule has 2 heterocycles. The summed E-state index contributed by atoms with van der Waals surface area (Å²) < 4.78 is 27.0. The Kier molecular flexibility index (Phi) is 5.07. The molecule has 132 valence electrons. The molecular weight excluding hydrogens is 356 g/mol. The highest BCUT2D eigenvalue weighted by Crippen LogP contribution is 2.31. The van der Waals surface area contributed by atoms with E-state index in [9.17, 15) is 18.5 Å². The molecule has 0 aliphatic carbocycles. The summed E-state index contributed by atoms with van der Waals surface area (Å²) in [7, 11) is -3.91. The second kappa shape index (κ2) is 6.93. The van der Waals surface area contributed by atoms with E-state index in [-0.39, 0.29) is 16.0 Å². The Labute approximate surface area is 145 Å². The predicted octanol–water partition coefficient (Wildman–Crippen LogP) is 0.916. The second-order valence-electron chi connectivity index (χ2n) is 5.96. The van der Waals surface area contributed by atoms with Gasteiger partial charge in [0.2, 0.25) is 10.0 Å². The van der Waals surface area contributed by atoms with Gasteiger partial charge in [-0.2, -0.15) is 4.31 Å². The number of piperazine rings is 1. The van der Waals surface area contributed by atoms with Crippen LogP contribution in [0.25, 0.3) is 0 Å². The first-order chi connectivity index (χ1) is 11.4. The van der Waals surface area contributed by atoms with E-state index in [1.165, 1.54) is 16.4 Å². The highest BCUT2D eigenvalue weighted by Gasteiger charge is 2.38. The van der Waals surface area contributed by atoms with E-state index < -0.39 is 20.6 Å². The van der Waals surface area contributed by atoms with Gasteiger partial charge in [-0.25, -0.2) is 8.42 Å². The summed E-state index contributed by atoms with van der Waals surface area (Å²) >= 11 is 5.77. The average Bonchev–Trinajstić information content (AvgIpc) is 3.06. The number of nitrogens with zero attached hydrogens (tertiary/aromatic N) is 3. The Balaban J connectivity index is 1.83. The van der Waals surface area contributed by atoms with Crippen molar-refractivity contribution in [3.8, 4) is 0 Å². The van der Waals surface area contributed by atoms with Crippen molar-refractivity contribution < 1.29 is 13.3 Å². The summed E-state index contributed by atoms with van der Waals surface area (Å²) in [6.45, 7) is 4.30. The van der Waals surface area contributed by atoms with Gasteiger partial charge in [0, 0.05) is 56.4 Å². The molecule has 1 aromatic rings. The summed E-state index contributed by atoms with van der Waals surface area (Å²) in [4.78, 5) is 12.5. The summed E-state index contributed by atoms with van der Waals surface area (Å²) in [5.74, 6) is 0. The zero-order valence-electron chi connectivity index (χ0n) is 13.0. The highest BCUT2D eigenvalue weighted by atomic mass is 35.5. The first kappa shape index (κ1) is 17.6. The molecule has 1 unspecified atom stereocenters. The third kappa shape index (κ3) is 3.40.